The smallest absolute Gasteiger partial charge is 0.230 e. The van der Waals surface area contributed by atoms with Crippen molar-refractivity contribution in [3.8, 4) is 0 Å². The second kappa shape index (κ2) is 8.90. The lowest BCUT2D eigenvalue weighted by atomic mass is 9.77. The Morgan fingerprint density at radius 3 is 2.32 bits per heavy atom. The van der Waals surface area contributed by atoms with Crippen molar-refractivity contribution in [3.63, 3.8) is 0 Å². The maximum absolute atomic E-state index is 13.6. The average molecular weight is 458 g/mol. The number of nitrogens with zero attached hydrogens (tertiary/aromatic N) is 3. The van der Waals surface area contributed by atoms with Crippen LogP contribution in [0.3, 0.4) is 0 Å². The number of carbonyl (C=O) groups is 2. The Morgan fingerprint density at radius 2 is 1.53 bits per heavy atom. The molecule has 2 aromatic carbocycles. The van der Waals surface area contributed by atoms with E-state index in [1.54, 1.807) is 0 Å². The van der Waals surface area contributed by atoms with E-state index in [1.165, 1.54) is 5.56 Å². The van der Waals surface area contributed by atoms with Crippen molar-refractivity contribution in [3.05, 3.63) is 60.0 Å². The Hall–Kier alpha value is -3.15. The molecule has 3 aromatic rings. The number of piperidine rings is 1. The van der Waals surface area contributed by atoms with Crippen molar-refractivity contribution in [1.82, 2.24) is 9.88 Å². The molecule has 1 aromatic heterocycles. The highest BCUT2D eigenvalue weighted by Crippen LogP contribution is 2.38. The van der Waals surface area contributed by atoms with E-state index in [0.29, 0.717) is 13.1 Å². The molecule has 34 heavy (non-hydrogen) atoms. The zero-order chi connectivity index (χ0) is 23.1. The predicted molar refractivity (Wildman–Crippen MR) is 131 cm³/mol. The van der Waals surface area contributed by atoms with Crippen LogP contribution >= 0.6 is 0 Å². The normalized spacial score (nSPS) is 23.3. The number of carbonyl (C=O) groups excluding carboxylic acids is 2. The van der Waals surface area contributed by atoms with Gasteiger partial charge < -0.3 is 14.2 Å². The summed E-state index contributed by atoms with van der Waals surface area (Å²) in [5.74, 6) is 0.927. The quantitative estimate of drug-likeness (QED) is 0.559. The summed E-state index contributed by atoms with van der Waals surface area (Å²) in [6, 6.07) is 16.0. The molecule has 176 valence electrons. The number of hydrogen-bond donors (Lipinski definition) is 0. The lowest BCUT2D eigenvalue weighted by molar-refractivity contribution is -0.143. The first-order valence-corrected chi connectivity index (χ1v) is 12.7. The number of oxazole rings is 1. The largest absolute Gasteiger partial charge is 0.440 e. The Morgan fingerprint density at radius 1 is 0.824 bits per heavy atom. The fourth-order valence-corrected chi connectivity index (χ4v) is 6.14. The minimum atomic E-state index is -0.206. The Kier molecular flexibility index (Phi) is 5.60. The number of rotatable bonds is 3. The third-order valence-corrected chi connectivity index (χ3v) is 8.02. The number of benzene rings is 2. The van der Waals surface area contributed by atoms with E-state index in [2.05, 4.69) is 11.1 Å². The third kappa shape index (κ3) is 3.79. The fourth-order valence-electron chi connectivity index (χ4n) is 6.14. The number of anilines is 1. The van der Waals surface area contributed by atoms with E-state index in [9.17, 15) is 9.59 Å². The van der Waals surface area contributed by atoms with Crippen LogP contribution < -0.4 is 4.90 Å². The molecule has 2 amide bonds. The summed E-state index contributed by atoms with van der Waals surface area (Å²) in [4.78, 5) is 35.8. The predicted octanol–water partition coefficient (Wildman–Crippen LogP) is 4.93. The molecule has 6 rings (SSSR count). The van der Waals surface area contributed by atoms with Crippen molar-refractivity contribution in [2.75, 3.05) is 24.5 Å². The SMILES string of the molecule is O=C(C1CCCCC1C(=O)N1CCc2ccccc21)N1CCC(c2nc3ccccc3o2)CC1. The summed E-state index contributed by atoms with van der Waals surface area (Å²) in [5, 5.41) is 0. The van der Waals surface area contributed by atoms with Crippen LogP contribution in [0.15, 0.2) is 52.9 Å². The van der Waals surface area contributed by atoms with Gasteiger partial charge in [0.15, 0.2) is 11.5 Å². The molecule has 1 saturated carbocycles. The average Bonchev–Trinajstić information content (AvgIpc) is 3.52. The number of likely N-dealkylation sites (tertiary alicyclic amines) is 1. The van der Waals surface area contributed by atoms with Crippen LogP contribution in [0.5, 0.6) is 0 Å². The van der Waals surface area contributed by atoms with Crippen LogP contribution in [0.4, 0.5) is 5.69 Å². The molecular weight excluding hydrogens is 426 g/mol. The molecule has 2 fully saturated rings. The van der Waals surface area contributed by atoms with Gasteiger partial charge in [0.1, 0.15) is 5.52 Å². The monoisotopic (exact) mass is 457 g/mol. The summed E-state index contributed by atoms with van der Waals surface area (Å²) >= 11 is 0. The van der Waals surface area contributed by atoms with Gasteiger partial charge in [0.2, 0.25) is 11.8 Å². The molecular formula is C28H31N3O3. The summed E-state index contributed by atoms with van der Waals surface area (Å²) < 4.78 is 5.99. The van der Waals surface area contributed by atoms with Crippen LogP contribution in [-0.2, 0) is 16.0 Å². The standard InChI is InChI=1S/C28H31N3O3/c32-27(30-16-13-20(14-17-30)26-29-23-10-4-6-12-25(23)34-26)21-8-2-3-9-22(21)28(33)31-18-15-19-7-1-5-11-24(19)31/h1,4-7,10-12,20-22H,2-3,8-9,13-18H2. The molecule has 2 atom stereocenters. The molecule has 0 bridgehead atoms. The summed E-state index contributed by atoms with van der Waals surface area (Å²) in [6.07, 6.45) is 6.28. The Balaban J connectivity index is 1.13. The minimum absolute atomic E-state index is 0.143. The Labute approximate surface area is 199 Å². The van der Waals surface area contributed by atoms with Gasteiger partial charge in [-0.1, -0.05) is 43.2 Å². The van der Waals surface area contributed by atoms with Crippen molar-refractivity contribution in [1.29, 1.82) is 0 Å². The van der Waals surface area contributed by atoms with Crippen LogP contribution in [0.25, 0.3) is 11.1 Å². The zero-order valence-electron chi connectivity index (χ0n) is 19.5. The van der Waals surface area contributed by atoms with E-state index in [0.717, 1.165) is 74.2 Å². The molecule has 6 nitrogen and oxygen atoms in total. The van der Waals surface area contributed by atoms with Crippen molar-refractivity contribution < 1.29 is 14.0 Å². The van der Waals surface area contributed by atoms with Gasteiger partial charge in [0.05, 0.1) is 5.92 Å². The van der Waals surface area contributed by atoms with Crippen LogP contribution in [0.2, 0.25) is 0 Å². The molecule has 0 spiro atoms. The van der Waals surface area contributed by atoms with Crippen molar-refractivity contribution >= 4 is 28.6 Å². The molecule has 1 aliphatic carbocycles. The van der Waals surface area contributed by atoms with E-state index >= 15 is 0 Å². The van der Waals surface area contributed by atoms with Crippen molar-refractivity contribution in [2.45, 2.75) is 50.9 Å². The summed E-state index contributed by atoms with van der Waals surface area (Å²) in [6.45, 7) is 2.13. The highest BCUT2D eigenvalue weighted by molar-refractivity contribution is 5.99. The first-order chi connectivity index (χ1) is 16.7. The summed E-state index contributed by atoms with van der Waals surface area (Å²) in [7, 11) is 0. The molecule has 3 heterocycles. The van der Waals surface area contributed by atoms with Gasteiger partial charge in [-0.3, -0.25) is 9.59 Å². The van der Waals surface area contributed by atoms with Crippen molar-refractivity contribution in [2.24, 2.45) is 11.8 Å². The van der Waals surface area contributed by atoms with E-state index < -0.39 is 0 Å². The van der Waals surface area contributed by atoms with Crippen LogP contribution in [0.1, 0.15) is 55.9 Å². The number of hydrogen-bond acceptors (Lipinski definition) is 4. The van der Waals surface area contributed by atoms with E-state index in [1.807, 2.05) is 52.3 Å². The molecule has 2 aliphatic heterocycles. The number of amides is 2. The molecule has 1 saturated heterocycles. The first-order valence-electron chi connectivity index (χ1n) is 12.7. The van der Waals surface area contributed by atoms with Gasteiger partial charge in [0, 0.05) is 37.2 Å². The molecule has 3 aliphatic rings. The maximum atomic E-state index is 13.6. The topological polar surface area (TPSA) is 66.7 Å². The van der Waals surface area contributed by atoms with Gasteiger partial charge in [-0.15, -0.1) is 0 Å². The molecule has 2 unspecified atom stereocenters. The van der Waals surface area contributed by atoms with Gasteiger partial charge >= 0.3 is 0 Å². The van der Waals surface area contributed by atoms with Crippen LogP contribution in [0, 0.1) is 11.8 Å². The first kappa shape index (κ1) is 21.4. The summed E-state index contributed by atoms with van der Waals surface area (Å²) in [5.41, 5.74) is 3.98. The van der Waals surface area contributed by atoms with Gasteiger partial charge in [-0.2, -0.15) is 0 Å². The van der Waals surface area contributed by atoms with Gasteiger partial charge in [-0.25, -0.2) is 4.98 Å². The van der Waals surface area contributed by atoms with Gasteiger partial charge in [-0.05, 0) is 55.9 Å². The molecule has 0 radical (unpaired) electrons. The van der Waals surface area contributed by atoms with Gasteiger partial charge in [0.25, 0.3) is 0 Å². The lowest BCUT2D eigenvalue weighted by Gasteiger charge is -2.38. The lowest BCUT2D eigenvalue weighted by Crippen LogP contribution is -2.48. The number of fused-ring (bicyclic) bond motifs is 2. The minimum Gasteiger partial charge on any atom is -0.440 e. The zero-order valence-corrected chi connectivity index (χ0v) is 19.5. The van der Waals surface area contributed by atoms with E-state index in [-0.39, 0.29) is 29.6 Å². The second-order valence-electron chi connectivity index (χ2n) is 9.99. The number of para-hydroxylation sites is 3. The third-order valence-electron chi connectivity index (χ3n) is 8.02. The highest BCUT2D eigenvalue weighted by atomic mass is 16.3. The Bertz CT molecular complexity index is 1180. The second-order valence-corrected chi connectivity index (χ2v) is 9.99. The van der Waals surface area contributed by atoms with E-state index in [4.69, 9.17) is 4.42 Å². The van der Waals surface area contributed by atoms with Crippen LogP contribution in [-0.4, -0.2) is 41.3 Å². The maximum Gasteiger partial charge on any atom is 0.230 e. The number of aromatic nitrogens is 1. The molecule has 6 heteroatoms. The fraction of sp³-hybridized carbons (Fsp3) is 0.464. The molecule has 0 N–H and O–H groups in total. The highest BCUT2D eigenvalue weighted by Gasteiger charge is 2.41.